The SMILES string of the molecule is COc1cccc(-n2c(O)c([C@@H]3NCCc4c3[nH]c3ccccc43)c(=O)[nH]c2=O)c1. The molecule has 30 heavy (non-hydrogen) atoms. The minimum absolute atomic E-state index is 0.0879. The van der Waals surface area contributed by atoms with E-state index in [4.69, 9.17) is 4.74 Å². The number of hydrogen-bond acceptors (Lipinski definition) is 5. The quantitative estimate of drug-likeness (QED) is 0.417. The molecule has 0 saturated heterocycles. The Bertz CT molecular complexity index is 1380. The van der Waals surface area contributed by atoms with Crippen LogP contribution in [0.4, 0.5) is 0 Å². The molecule has 0 saturated carbocycles. The minimum atomic E-state index is -0.720. The lowest BCUT2D eigenvalue weighted by Crippen LogP contribution is -2.38. The van der Waals surface area contributed by atoms with Crippen LogP contribution in [0.15, 0.2) is 58.1 Å². The number of aromatic nitrogens is 3. The maximum atomic E-state index is 12.8. The van der Waals surface area contributed by atoms with Gasteiger partial charge in [0.1, 0.15) is 11.3 Å². The van der Waals surface area contributed by atoms with Gasteiger partial charge in [-0.1, -0.05) is 24.3 Å². The molecule has 1 aliphatic rings. The van der Waals surface area contributed by atoms with Gasteiger partial charge in [-0.05, 0) is 30.2 Å². The number of ether oxygens (including phenoxy) is 1. The first kappa shape index (κ1) is 18.3. The van der Waals surface area contributed by atoms with E-state index in [0.717, 1.165) is 33.1 Å². The number of H-pyrrole nitrogens is 2. The van der Waals surface area contributed by atoms with Crippen molar-refractivity contribution in [2.75, 3.05) is 13.7 Å². The zero-order chi connectivity index (χ0) is 20.8. The van der Waals surface area contributed by atoms with Crippen molar-refractivity contribution in [1.82, 2.24) is 19.9 Å². The highest BCUT2D eigenvalue weighted by Crippen LogP contribution is 2.35. The summed E-state index contributed by atoms with van der Waals surface area (Å²) in [6, 6.07) is 14.1. The van der Waals surface area contributed by atoms with E-state index in [2.05, 4.69) is 15.3 Å². The van der Waals surface area contributed by atoms with E-state index in [9.17, 15) is 14.7 Å². The molecule has 1 aliphatic heterocycles. The Morgan fingerprint density at radius 1 is 1.10 bits per heavy atom. The van der Waals surface area contributed by atoms with Crippen molar-refractivity contribution in [3.63, 3.8) is 0 Å². The van der Waals surface area contributed by atoms with Crippen LogP contribution in [0.25, 0.3) is 16.6 Å². The third-order valence-corrected chi connectivity index (χ3v) is 5.58. The fourth-order valence-electron chi connectivity index (χ4n) is 4.21. The van der Waals surface area contributed by atoms with Gasteiger partial charge in [-0.3, -0.25) is 9.78 Å². The number of rotatable bonds is 3. The van der Waals surface area contributed by atoms with Crippen molar-refractivity contribution in [2.45, 2.75) is 12.5 Å². The van der Waals surface area contributed by atoms with Gasteiger partial charge in [0.05, 0.1) is 18.8 Å². The number of hydrogen-bond donors (Lipinski definition) is 4. The number of aromatic amines is 2. The summed E-state index contributed by atoms with van der Waals surface area (Å²) in [4.78, 5) is 31.1. The first-order chi connectivity index (χ1) is 14.6. The Morgan fingerprint density at radius 3 is 2.77 bits per heavy atom. The second kappa shape index (κ2) is 6.93. The third-order valence-electron chi connectivity index (χ3n) is 5.58. The molecule has 0 radical (unpaired) electrons. The summed E-state index contributed by atoms with van der Waals surface area (Å²) in [5.74, 6) is 0.126. The van der Waals surface area contributed by atoms with Crippen molar-refractivity contribution < 1.29 is 9.84 Å². The summed E-state index contributed by atoms with van der Waals surface area (Å²) in [6.07, 6.45) is 0.796. The zero-order valence-corrected chi connectivity index (χ0v) is 16.2. The van der Waals surface area contributed by atoms with Gasteiger partial charge < -0.3 is 20.1 Å². The highest BCUT2D eigenvalue weighted by atomic mass is 16.5. The maximum absolute atomic E-state index is 12.8. The molecular weight excluding hydrogens is 384 g/mol. The Hall–Kier alpha value is -3.78. The van der Waals surface area contributed by atoms with Crippen molar-refractivity contribution in [3.8, 4) is 17.3 Å². The van der Waals surface area contributed by atoms with Gasteiger partial charge in [0, 0.05) is 29.2 Å². The molecule has 4 aromatic rings. The number of para-hydroxylation sites is 1. The number of nitrogens with zero attached hydrogens (tertiary/aromatic N) is 1. The molecule has 0 amide bonds. The molecule has 3 heterocycles. The minimum Gasteiger partial charge on any atom is -0.497 e. The van der Waals surface area contributed by atoms with E-state index >= 15 is 0 Å². The average Bonchev–Trinajstić information content (AvgIpc) is 3.13. The molecule has 0 spiro atoms. The summed E-state index contributed by atoms with van der Waals surface area (Å²) >= 11 is 0. The largest absolute Gasteiger partial charge is 0.497 e. The summed E-state index contributed by atoms with van der Waals surface area (Å²) in [5.41, 5.74) is 2.02. The highest BCUT2D eigenvalue weighted by Gasteiger charge is 2.31. The maximum Gasteiger partial charge on any atom is 0.335 e. The second-order valence-corrected chi connectivity index (χ2v) is 7.23. The molecule has 8 nitrogen and oxygen atoms in total. The molecule has 2 aromatic carbocycles. The normalized spacial score (nSPS) is 15.8. The van der Waals surface area contributed by atoms with Gasteiger partial charge in [-0.15, -0.1) is 0 Å². The molecule has 0 unspecified atom stereocenters. The number of nitrogens with one attached hydrogen (secondary N) is 3. The molecule has 1 atom stereocenters. The van der Waals surface area contributed by atoms with Crippen LogP contribution in [0.3, 0.4) is 0 Å². The van der Waals surface area contributed by atoms with Crippen LogP contribution in [0.2, 0.25) is 0 Å². The molecule has 2 aromatic heterocycles. The Balaban J connectivity index is 1.73. The molecule has 0 bridgehead atoms. The molecule has 4 N–H and O–H groups in total. The lowest BCUT2D eigenvalue weighted by molar-refractivity contribution is 0.406. The van der Waals surface area contributed by atoms with Crippen LogP contribution < -0.4 is 21.3 Å². The fourth-order valence-corrected chi connectivity index (χ4v) is 4.21. The van der Waals surface area contributed by atoms with Crippen molar-refractivity contribution >= 4 is 10.9 Å². The molecule has 5 rings (SSSR count). The summed E-state index contributed by atoms with van der Waals surface area (Å²) < 4.78 is 6.30. The van der Waals surface area contributed by atoms with E-state index in [-0.39, 0.29) is 5.56 Å². The third kappa shape index (κ3) is 2.73. The first-order valence-corrected chi connectivity index (χ1v) is 9.64. The topological polar surface area (TPSA) is 112 Å². The van der Waals surface area contributed by atoms with Crippen LogP contribution in [0.5, 0.6) is 11.6 Å². The average molecular weight is 404 g/mol. The highest BCUT2D eigenvalue weighted by molar-refractivity contribution is 5.85. The summed E-state index contributed by atoms with van der Waals surface area (Å²) in [6.45, 7) is 0.636. The number of aromatic hydroxyl groups is 1. The van der Waals surface area contributed by atoms with Crippen LogP contribution >= 0.6 is 0 Å². The standard InChI is InChI=1S/C22H20N4O4/c1-30-13-6-4-5-12(11-13)26-21(28)17(20(27)25-22(26)29)19-18-15(9-10-23-19)14-7-2-3-8-16(14)24-18/h2-8,11,19,23-24,28H,9-10H2,1H3,(H,25,27,29)/t19-/m0/s1. The molecule has 8 heteroatoms. The predicted molar refractivity (Wildman–Crippen MR) is 113 cm³/mol. The first-order valence-electron chi connectivity index (χ1n) is 9.64. The van der Waals surface area contributed by atoms with Crippen LogP contribution in [-0.4, -0.2) is 33.3 Å². The summed E-state index contributed by atoms with van der Waals surface area (Å²) in [7, 11) is 1.52. The Labute approximate surface area is 170 Å². The Morgan fingerprint density at radius 2 is 1.93 bits per heavy atom. The van der Waals surface area contributed by atoms with Crippen LogP contribution in [0, 0.1) is 0 Å². The van der Waals surface area contributed by atoms with Gasteiger partial charge in [0.25, 0.3) is 5.56 Å². The monoisotopic (exact) mass is 404 g/mol. The number of fused-ring (bicyclic) bond motifs is 3. The molecule has 0 fully saturated rings. The fraction of sp³-hybridized carbons (Fsp3) is 0.182. The number of methoxy groups -OCH3 is 1. The molecule has 0 aliphatic carbocycles. The van der Waals surface area contributed by atoms with Gasteiger partial charge in [-0.25, -0.2) is 9.36 Å². The van der Waals surface area contributed by atoms with E-state index < -0.39 is 23.2 Å². The number of benzene rings is 2. The van der Waals surface area contributed by atoms with E-state index in [1.54, 1.807) is 24.3 Å². The van der Waals surface area contributed by atoms with Gasteiger partial charge in [0.15, 0.2) is 0 Å². The van der Waals surface area contributed by atoms with E-state index in [1.807, 2.05) is 24.3 Å². The van der Waals surface area contributed by atoms with Gasteiger partial charge in [-0.2, -0.15) is 0 Å². The van der Waals surface area contributed by atoms with E-state index in [0.29, 0.717) is 18.0 Å². The molecular formula is C22H20N4O4. The molecule has 152 valence electrons. The van der Waals surface area contributed by atoms with Crippen molar-refractivity contribution in [1.29, 1.82) is 0 Å². The Kier molecular flexibility index (Phi) is 4.22. The van der Waals surface area contributed by atoms with E-state index in [1.165, 1.54) is 7.11 Å². The van der Waals surface area contributed by atoms with Crippen molar-refractivity contribution in [2.24, 2.45) is 0 Å². The lowest BCUT2D eigenvalue weighted by Gasteiger charge is -2.25. The smallest absolute Gasteiger partial charge is 0.335 e. The second-order valence-electron chi connectivity index (χ2n) is 7.23. The van der Waals surface area contributed by atoms with Crippen molar-refractivity contribution in [3.05, 3.63) is 86.2 Å². The van der Waals surface area contributed by atoms with Crippen LogP contribution in [0.1, 0.15) is 22.9 Å². The predicted octanol–water partition coefficient (Wildman–Crippen LogP) is 1.96. The summed E-state index contributed by atoms with van der Waals surface area (Å²) in [5, 5.41) is 15.5. The zero-order valence-electron chi connectivity index (χ0n) is 16.2. The van der Waals surface area contributed by atoms with Gasteiger partial charge in [0.2, 0.25) is 5.88 Å². The van der Waals surface area contributed by atoms with Crippen LogP contribution in [-0.2, 0) is 6.42 Å². The lowest BCUT2D eigenvalue weighted by atomic mass is 9.95. The van der Waals surface area contributed by atoms with Gasteiger partial charge >= 0.3 is 5.69 Å².